The Bertz CT molecular complexity index is 911. The Morgan fingerprint density at radius 2 is 1.88 bits per heavy atom. The Kier molecular flexibility index (Phi) is 7.54. The fourth-order valence-electron chi connectivity index (χ4n) is 4.92. The summed E-state index contributed by atoms with van der Waals surface area (Å²) in [6, 6.07) is 10.2. The molecule has 3 aliphatic rings. The second-order valence-electron chi connectivity index (χ2n) is 8.65. The molecule has 1 aromatic rings. The Hall–Kier alpha value is -3.00. The number of morpholine rings is 1. The van der Waals surface area contributed by atoms with Crippen LogP contribution in [0.5, 0.6) is 0 Å². The Morgan fingerprint density at radius 3 is 2.61 bits per heavy atom. The number of piperidine rings is 1. The van der Waals surface area contributed by atoms with Gasteiger partial charge in [0.25, 0.3) is 5.91 Å². The molecule has 0 spiro atoms. The van der Waals surface area contributed by atoms with Gasteiger partial charge in [-0.2, -0.15) is 10.3 Å². The van der Waals surface area contributed by atoms with Gasteiger partial charge in [-0.15, -0.1) is 4.99 Å². The van der Waals surface area contributed by atoms with Crippen LogP contribution in [0.1, 0.15) is 24.3 Å². The minimum Gasteiger partial charge on any atom is -0.378 e. The van der Waals surface area contributed by atoms with Crippen molar-refractivity contribution in [2.75, 3.05) is 52.5 Å². The molecule has 0 aromatic heterocycles. The number of guanidine groups is 1. The van der Waals surface area contributed by atoms with Gasteiger partial charge >= 0.3 is 0 Å². The average Bonchev–Trinajstić information content (AvgIpc) is 3.37. The van der Waals surface area contributed by atoms with Crippen molar-refractivity contribution in [3.63, 3.8) is 0 Å². The predicted octanol–water partition coefficient (Wildman–Crippen LogP) is 0.615. The van der Waals surface area contributed by atoms with Crippen molar-refractivity contribution in [2.45, 2.75) is 18.8 Å². The average molecular weight is 455 g/mol. The number of amides is 2. The van der Waals surface area contributed by atoms with Gasteiger partial charge in [0.1, 0.15) is 0 Å². The van der Waals surface area contributed by atoms with E-state index in [2.05, 4.69) is 22.4 Å². The monoisotopic (exact) mass is 454 g/mol. The van der Waals surface area contributed by atoms with E-state index in [1.54, 1.807) is 11.1 Å². The lowest BCUT2D eigenvalue weighted by Crippen LogP contribution is -2.56. The van der Waals surface area contributed by atoms with Gasteiger partial charge in [-0.25, -0.2) is 0 Å². The SMILES string of the molecule is N#C/N=C(/N1CCOCC1)N(O)C(=O)[C@H]1CNCC[C@@H]1C(=O)N1CC[C@H](c2ccccc2)C1. The van der Waals surface area contributed by atoms with Crippen LogP contribution in [0.2, 0.25) is 0 Å². The van der Waals surface area contributed by atoms with E-state index in [9.17, 15) is 14.8 Å². The molecular weight excluding hydrogens is 424 g/mol. The number of hydroxylamine groups is 2. The maximum atomic E-state index is 13.4. The highest BCUT2D eigenvalue weighted by atomic mass is 16.5. The van der Waals surface area contributed by atoms with Crippen LogP contribution in [-0.4, -0.2) is 90.3 Å². The minimum atomic E-state index is -0.739. The number of aliphatic imine (C=N–C) groups is 1. The Morgan fingerprint density at radius 1 is 1.12 bits per heavy atom. The molecular formula is C23H30N6O4. The van der Waals surface area contributed by atoms with Crippen LogP contribution in [-0.2, 0) is 14.3 Å². The molecule has 10 heteroatoms. The number of likely N-dealkylation sites (tertiary alicyclic amines) is 1. The van der Waals surface area contributed by atoms with E-state index < -0.39 is 17.7 Å². The highest BCUT2D eigenvalue weighted by Gasteiger charge is 2.42. The highest BCUT2D eigenvalue weighted by Crippen LogP contribution is 2.31. The van der Waals surface area contributed by atoms with Crippen LogP contribution < -0.4 is 5.32 Å². The molecule has 2 N–H and O–H groups in total. The third kappa shape index (κ3) is 5.16. The number of ether oxygens (including phenoxy) is 1. The van der Waals surface area contributed by atoms with E-state index in [1.165, 1.54) is 5.56 Å². The van der Waals surface area contributed by atoms with E-state index in [0.717, 1.165) is 6.42 Å². The Balaban J connectivity index is 1.46. The summed E-state index contributed by atoms with van der Waals surface area (Å²) in [6.07, 6.45) is 3.07. The quantitative estimate of drug-likeness (QED) is 0.226. The standard InChI is InChI=1S/C23H30N6O4/c24-16-26-23(27-10-12-33-13-11-27)29(32)22(31)20-14-25-8-6-19(20)21(30)28-9-7-18(15-28)17-4-2-1-3-5-17/h1-5,18-20,25,32H,6-15H2/b26-23-/t18-,19-,20-/m0/s1. The first-order valence-electron chi connectivity index (χ1n) is 11.5. The molecule has 2 amide bonds. The number of nitriles is 1. The van der Waals surface area contributed by atoms with Crippen molar-refractivity contribution < 1.29 is 19.5 Å². The fraction of sp³-hybridized carbons (Fsp3) is 0.565. The van der Waals surface area contributed by atoms with Gasteiger partial charge < -0.3 is 19.9 Å². The normalized spacial score (nSPS) is 26.1. The summed E-state index contributed by atoms with van der Waals surface area (Å²) in [6.45, 7) is 3.84. The zero-order chi connectivity index (χ0) is 23.2. The summed E-state index contributed by atoms with van der Waals surface area (Å²) < 4.78 is 5.31. The van der Waals surface area contributed by atoms with Crippen LogP contribution in [0.15, 0.2) is 35.3 Å². The summed E-state index contributed by atoms with van der Waals surface area (Å²) in [5.41, 5.74) is 1.22. The first kappa shape index (κ1) is 23.2. The van der Waals surface area contributed by atoms with E-state index in [1.807, 2.05) is 23.1 Å². The van der Waals surface area contributed by atoms with Crippen molar-refractivity contribution in [3.05, 3.63) is 35.9 Å². The predicted molar refractivity (Wildman–Crippen MR) is 119 cm³/mol. The molecule has 3 aliphatic heterocycles. The lowest BCUT2D eigenvalue weighted by atomic mass is 9.84. The van der Waals surface area contributed by atoms with Gasteiger partial charge in [-0.3, -0.25) is 14.8 Å². The number of nitrogens with zero attached hydrogens (tertiary/aromatic N) is 5. The number of benzene rings is 1. The van der Waals surface area contributed by atoms with Gasteiger partial charge in [0.15, 0.2) is 0 Å². The summed E-state index contributed by atoms with van der Waals surface area (Å²) in [4.78, 5) is 33.9. The largest absolute Gasteiger partial charge is 0.378 e. The van der Waals surface area contributed by atoms with E-state index in [0.29, 0.717) is 57.4 Å². The van der Waals surface area contributed by atoms with Crippen LogP contribution in [0, 0.1) is 23.3 Å². The number of nitrogens with one attached hydrogen (secondary N) is 1. The molecule has 0 unspecified atom stereocenters. The van der Waals surface area contributed by atoms with Crippen molar-refractivity contribution in [2.24, 2.45) is 16.8 Å². The molecule has 0 radical (unpaired) electrons. The second-order valence-corrected chi connectivity index (χ2v) is 8.65. The molecule has 0 saturated carbocycles. The van der Waals surface area contributed by atoms with E-state index >= 15 is 0 Å². The topological polar surface area (TPSA) is 121 Å². The number of hydrogen-bond acceptors (Lipinski definition) is 7. The first-order valence-corrected chi connectivity index (χ1v) is 11.5. The third-order valence-corrected chi connectivity index (χ3v) is 6.73. The molecule has 3 fully saturated rings. The molecule has 0 aliphatic carbocycles. The lowest BCUT2D eigenvalue weighted by molar-refractivity contribution is -0.162. The van der Waals surface area contributed by atoms with Gasteiger partial charge in [-0.1, -0.05) is 30.3 Å². The van der Waals surface area contributed by atoms with Crippen LogP contribution in [0.3, 0.4) is 0 Å². The molecule has 3 saturated heterocycles. The smallest absolute Gasteiger partial charge is 0.258 e. The second kappa shape index (κ2) is 10.7. The molecule has 33 heavy (non-hydrogen) atoms. The molecule has 0 bridgehead atoms. The molecule has 3 heterocycles. The van der Waals surface area contributed by atoms with Gasteiger partial charge in [0.2, 0.25) is 18.1 Å². The zero-order valence-electron chi connectivity index (χ0n) is 18.6. The van der Waals surface area contributed by atoms with Crippen LogP contribution >= 0.6 is 0 Å². The summed E-state index contributed by atoms with van der Waals surface area (Å²) in [7, 11) is 0. The molecule has 3 atom stereocenters. The number of hydrogen-bond donors (Lipinski definition) is 2. The minimum absolute atomic E-state index is 0.0492. The Labute approximate surface area is 193 Å². The van der Waals surface area contributed by atoms with Gasteiger partial charge in [-0.05, 0) is 24.9 Å². The van der Waals surface area contributed by atoms with Crippen molar-refractivity contribution >= 4 is 17.8 Å². The van der Waals surface area contributed by atoms with Gasteiger partial charge in [0.05, 0.1) is 25.0 Å². The van der Waals surface area contributed by atoms with Gasteiger partial charge in [0, 0.05) is 38.6 Å². The fourth-order valence-corrected chi connectivity index (χ4v) is 4.92. The van der Waals surface area contributed by atoms with E-state index in [-0.39, 0.29) is 24.3 Å². The third-order valence-electron chi connectivity index (χ3n) is 6.73. The maximum absolute atomic E-state index is 13.4. The summed E-state index contributed by atoms with van der Waals surface area (Å²) in [5, 5.41) is 23.4. The number of carbonyl (C=O) groups is 2. The maximum Gasteiger partial charge on any atom is 0.258 e. The lowest BCUT2D eigenvalue weighted by Gasteiger charge is -2.36. The van der Waals surface area contributed by atoms with E-state index in [4.69, 9.17) is 10.00 Å². The molecule has 176 valence electrons. The van der Waals surface area contributed by atoms with Crippen molar-refractivity contribution in [1.29, 1.82) is 5.26 Å². The number of rotatable bonds is 3. The summed E-state index contributed by atoms with van der Waals surface area (Å²) in [5.74, 6) is -1.77. The van der Waals surface area contributed by atoms with Crippen LogP contribution in [0.4, 0.5) is 0 Å². The molecule has 4 rings (SSSR count). The zero-order valence-corrected chi connectivity index (χ0v) is 18.6. The highest BCUT2D eigenvalue weighted by molar-refractivity contribution is 5.99. The molecule has 10 nitrogen and oxygen atoms in total. The van der Waals surface area contributed by atoms with Crippen molar-refractivity contribution in [3.8, 4) is 6.19 Å². The number of carbonyl (C=O) groups excluding carboxylic acids is 2. The molecule has 1 aromatic carbocycles. The van der Waals surface area contributed by atoms with Crippen LogP contribution in [0.25, 0.3) is 0 Å². The summed E-state index contributed by atoms with van der Waals surface area (Å²) >= 11 is 0. The first-order chi connectivity index (χ1) is 16.1. The van der Waals surface area contributed by atoms with Crippen molar-refractivity contribution in [1.82, 2.24) is 20.2 Å².